The van der Waals surface area contributed by atoms with Gasteiger partial charge in [0.2, 0.25) is 0 Å². The number of rotatable bonds is 6. The van der Waals surface area contributed by atoms with Crippen molar-refractivity contribution in [3.05, 3.63) is 283 Å². The molecule has 2 aliphatic rings. The number of hydrogen-bond donors (Lipinski definition) is 0. The maximum atomic E-state index is 2.61. The highest BCUT2D eigenvalue weighted by molar-refractivity contribution is 6.19. The number of para-hydroxylation sites is 5. The summed E-state index contributed by atoms with van der Waals surface area (Å²) in [5.41, 5.74) is 22.4. The molecule has 0 N–H and O–H groups in total. The minimum Gasteiger partial charge on any atom is -0.307 e. The summed E-state index contributed by atoms with van der Waals surface area (Å²) in [7, 11) is 0. The standard InChI is InChI=1S/C67H43N3/c1-3-20-44(21-4-1)45-40-42-47(43-41-45)69-60-36-16-11-27-51(60)53-30-18-39-63(66(53)69)70(62-38-17-29-52-50-26-10-15-35-59(50)68(65(52)62)46-22-5-2-6-23-46)61-37-19-34-58-64(61)54-28-9-14-33-57(54)67(58)55-31-12-7-24-48(55)49-25-8-13-32-56(49)67/h1-43H. The van der Waals surface area contributed by atoms with E-state index in [9.17, 15) is 0 Å². The third-order valence-electron chi connectivity index (χ3n) is 15.3. The molecule has 1 spiro atoms. The van der Waals surface area contributed by atoms with Crippen LogP contribution in [0.15, 0.2) is 261 Å². The lowest BCUT2D eigenvalue weighted by atomic mass is 9.70. The highest BCUT2D eigenvalue weighted by Gasteiger charge is 2.52. The van der Waals surface area contributed by atoms with Crippen molar-refractivity contribution in [2.75, 3.05) is 4.90 Å². The monoisotopic (exact) mass is 889 g/mol. The maximum Gasteiger partial charge on any atom is 0.0782 e. The van der Waals surface area contributed by atoms with Gasteiger partial charge in [0.15, 0.2) is 0 Å². The Hall–Kier alpha value is -9.18. The second-order valence-electron chi connectivity index (χ2n) is 18.7. The van der Waals surface area contributed by atoms with Gasteiger partial charge in [-0.2, -0.15) is 0 Å². The van der Waals surface area contributed by atoms with Crippen LogP contribution < -0.4 is 4.90 Å². The summed E-state index contributed by atoms with van der Waals surface area (Å²) in [5, 5.41) is 4.83. The SMILES string of the molecule is c1ccc(-c2ccc(-n3c4ccccc4c4cccc(N(c5cccc6c5-c5ccccc5C65c6ccccc6-c6ccccc65)c5cccc6c7ccccc7n(-c7ccccc7)c56)c43)cc2)cc1. The van der Waals surface area contributed by atoms with Gasteiger partial charge < -0.3 is 14.0 Å². The van der Waals surface area contributed by atoms with Crippen molar-refractivity contribution in [1.29, 1.82) is 0 Å². The second kappa shape index (κ2) is 14.9. The van der Waals surface area contributed by atoms with Gasteiger partial charge in [-0.15, -0.1) is 0 Å². The first-order valence-electron chi connectivity index (χ1n) is 24.3. The van der Waals surface area contributed by atoms with E-state index in [1.54, 1.807) is 0 Å². The predicted molar refractivity (Wildman–Crippen MR) is 292 cm³/mol. The van der Waals surface area contributed by atoms with Gasteiger partial charge in [0.05, 0.1) is 44.5 Å². The van der Waals surface area contributed by atoms with Crippen molar-refractivity contribution in [3.63, 3.8) is 0 Å². The van der Waals surface area contributed by atoms with Crippen molar-refractivity contribution in [2.24, 2.45) is 0 Å². The maximum absolute atomic E-state index is 2.61. The number of hydrogen-bond acceptors (Lipinski definition) is 1. The molecule has 0 atom stereocenters. The summed E-state index contributed by atoms with van der Waals surface area (Å²) in [6, 6.07) is 96.7. The third-order valence-corrected chi connectivity index (χ3v) is 15.3. The van der Waals surface area contributed by atoms with Gasteiger partial charge in [-0.1, -0.05) is 206 Å². The molecule has 70 heavy (non-hydrogen) atoms. The Kier molecular flexibility index (Phi) is 8.28. The van der Waals surface area contributed by atoms with Crippen molar-refractivity contribution in [1.82, 2.24) is 9.13 Å². The Morgan fingerprint density at radius 1 is 0.271 bits per heavy atom. The molecule has 0 bridgehead atoms. The summed E-state index contributed by atoms with van der Waals surface area (Å²) in [6.45, 7) is 0. The van der Waals surface area contributed by atoms with E-state index < -0.39 is 5.41 Å². The molecule has 0 unspecified atom stereocenters. The first-order valence-corrected chi connectivity index (χ1v) is 24.3. The molecule has 0 amide bonds. The quantitative estimate of drug-likeness (QED) is 0.162. The Balaban J connectivity index is 1.10. The van der Waals surface area contributed by atoms with Gasteiger partial charge in [0, 0.05) is 38.5 Å². The molecule has 0 aliphatic heterocycles. The average molecular weight is 890 g/mol. The van der Waals surface area contributed by atoms with Gasteiger partial charge in [0.1, 0.15) is 0 Å². The molecular weight excluding hydrogens is 847 g/mol. The molecule has 0 fully saturated rings. The summed E-state index contributed by atoms with van der Waals surface area (Å²) >= 11 is 0. The van der Waals surface area contributed by atoms with E-state index in [-0.39, 0.29) is 0 Å². The lowest BCUT2D eigenvalue weighted by Gasteiger charge is -2.32. The number of fused-ring (bicyclic) bond motifs is 16. The van der Waals surface area contributed by atoms with E-state index in [4.69, 9.17) is 0 Å². The van der Waals surface area contributed by atoms with Crippen molar-refractivity contribution >= 4 is 60.7 Å². The van der Waals surface area contributed by atoms with Crippen LogP contribution in [-0.2, 0) is 5.41 Å². The zero-order valence-electron chi connectivity index (χ0n) is 38.2. The molecule has 2 aliphatic carbocycles. The molecule has 0 saturated carbocycles. The van der Waals surface area contributed by atoms with E-state index in [0.29, 0.717) is 0 Å². The zero-order chi connectivity index (χ0) is 45.9. The molecule has 15 rings (SSSR count). The summed E-state index contributed by atoms with van der Waals surface area (Å²) in [4.78, 5) is 2.61. The van der Waals surface area contributed by atoms with Crippen LogP contribution in [0.25, 0.3) is 88.4 Å². The van der Waals surface area contributed by atoms with Gasteiger partial charge in [-0.05, 0) is 105 Å². The van der Waals surface area contributed by atoms with Gasteiger partial charge >= 0.3 is 0 Å². The van der Waals surface area contributed by atoms with Crippen molar-refractivity contribution < 1.29 is 0 Å². The normalized spacial score (nSPS) is 13.0. The molecule has 3 heteroatoms. The molecule has 0 saturated heterocycles. The molecular formula is C67H43N3. The van der Waals surface area contributed by atoms with E-state index in [1.165, 1.54) is 82.7 Å². The molecule has 0 radical (unpaired) electrons. The molecule has 11 aromatic carbocycles. The molecule has 2 heterocycles. The fraction of sp³-hybridized carbons (Fsp3) is 0.0149. The lowest BCUT2D eigenvalue weighted by Crippen LogP contribution is -2.26. The number of aromatic nitrogens is 2. The topological polar surface area (TPSA) is 13.1 Å². The Labute approximate surface area is 406 Å². The van der Waals surface area contributed by atoms with E-state index in [2.05, 4.69) is 275 Å². The number of nitrogens with zero attached hydrogens (tertiary/aromatic N) is 3. The first-order chi connectivity index (χ1) is 34.8. The average Bonchev–Trinajstić information content (AvgIpc) is 4.15. The minimum absolute atomic E-state index is 0.507. The summed E-state index contributed by atoms with van der Waals surface area (Å²) in [5.74, 6) is 0. The van der Waals surface area contributed by atoms with Crippen LogP contribution in [-0.4, -0.2) is 9.13 Å². The van der Waals surface area contributed by atoms with Crippen molar-refractivity contribution in [2.45, 2.75) is 5.41 Å². The van der Waals surface area contributed by atoms with Crippen LogP contribution in [0.5, 0.6) is 0 Å². The third kappa shape index (κ3) is 5.23. The first kappa shape index (κ1) is 38.9. The van der Waals surface area contributed by atoms with Crippen LogP contribution >= 0.6 is 0 Å². The predicted octanol–water partition coefficient (Wildman–Crippen LogP) is 17.4. The fourth-order valence-electron chi connectivity index (χ4n) is 12.6. The van der Waals surface area contributed by atoms with E-state index >= 15 is 0 Å². The lowest BCUT2D eigenvalue weighted by molar-refractivity contribution is 0.794. The highest BCUT2D eigenvalue weighted by atomic mass is 15.2. The Morgan fingerprint density at radius 2 is 0.671 bits per heavy atom. The smallest absolute Gasteiger partial charge is 0.0782 e. The summed E-state index contributed by atoms with van der Waals surface area (Å²) in [6.07, 6.45) is 0. The molecule has 13 aromatic rings. The highest BCUT2D eigenvalue weighted by Crippen LogP contribution is 2.65. The van der Waals surface area contributed by atoms with Crippen molar-refractivity contribution in [3.8, 4) is 44.8 Å². The van der Waals surface area contributed by atoms with E-state index in [0.717, 1.165) is 45.0 Å². The zero-order valence-corrected chi connectivity index (χ0v) is 38.2. The van der Waals surface area contributed by atoms with Crippen LogP contribution in [0, 0.1) is 0 Å². The molecule has 326 valence electrons. The number of anilines is 3. The van der Waals surface area contributed by atoms with Gasteiger partial charge in [-0.3, -0.25) is 0 Å². The largest absolute Gasteiger partial charge is 0.307 e. The summed E-state index contributed by atoms with van der Waals surface area (Å²) < 4.78 is 4.98. The van der Waals surface area contributed by atoms with Crippen LogP contribution in [0.2, 0.25) is 0 Å². The second-order valence-corrected chi connectivity index (χ2v) is 18.7. The Morgan fingerprint density at radius 3 is 1.26 bits per heavy atom. The molecule has 2 aromatic heterocycles. The number of benzene rings is 11. The molecule has 3 nitrogen and oxygen atoms in total. The van der Waals surface area contributed by atoms with Crippen LogP contribution in [0.1, 0.15) is 22.3 Å². The van der Waals surface area contributed by atoms with Gasteiger partial charge in [0.25, 0.3) is 0 Å². The minimum atomic E-state index is -0.507. The van der Waals surface area contributed by atoms with Crippen LogP contribution in [0.4, 0.5) is 17.1 Å². The Bertz CT molecular complexity index is 4190. The van der Waals surface area contributed by atoms with Gasteiger partial charge in [-0.25, -0.2) is 0 Å². The van der Waals surface area contributed by atoms with Crippen LogP contribution in [0.3, 0.4) is 0 Å². The fourth-order valence-corrected chi connectivity index (χ4v) is 12.6. The van der Waals surface area contributed by atoms with E-state index in [1.807, 2.05) is 0 Å².